The number of rotatable bonds is 6. The number of aromatic nitrogens is 4. The molecule has 0 radical (unpaired) electrons. The zero-order chi connectivity index (χ0) is 22.0. The Balaban J connectivity index is 1.60. The molecule has 1 atom stereocenters. The third kappa shape index (κ3) is 4.22. The number of halogens is 1. The predicted molar refractivity (Wildman–Crippen MR) is 118 cm³/mol. The Kier molecular flexibility index (Phi) is 5.85. The molecule has 0 saturated heterocycles. The number of benzene rings is 2. The fraction of sp³-hybridized carbons (Fsp3) is 0.182. The molecule has 0 aliphatic heterocycles. The van der Waals surface area contributed by atoms with Crippen LogP contribution in [0.2, 0.25) is 0 Å². The molecule has 1 N–H and O–H groups in total. The normalized spacial score (nSPS) is 12.1. The van der Waals surface area contributed by atoms with Gasteiger partial charge in [0.05, 0.1) is 5.25 Å². The zero-order valence-corrected chi connectivity index (χ0v) is 17.8. The topological polar surface area (TPSA) is 81.3 Å². The molecule has 9 heteroatoms. The lowest BCUT2D eigenvalue weighted by Gasteiger charge is -2.15. The standard InChI is InChI=1S/C22H20FN5O2S/c1-3-18(20(29)24-17-7-5-4-6-14(17)2)31-22-26-25-19-21(30)27(12-13-28(19)22)16-10-8-15(23)9-11-16/h4-13,18H,3H2,1-2H3,(H,24,29)/t18-/m1/s1. The average Bonchev–Trinajstić information content (AvgIpc) is 3.18. The molecule has 4 aromatic rings. The number of nitrogens with zero attached hydrogens (tertiary/aromatic N) is 4. The summed E-state index contributed by atoms with van der Waals surface area (Å²) in [6, 6.07) is 13.2. The molecule has 0 fully saturated rings. The number of carbonyl (C=O) groups is 1. The number of para-hydroxylation sites is 1. The molecule has 1 amide bonds. The van der Waals surface area contributed by atoms with Gasteiger partial charge in [-0.3, -0.25) is 18.6 Å². The molecule has 0 saturated carbocycles. The summed E-state index contributed by atoms with van der Waals surface area (Å²) >= 11 is 1.25. The number of hydrogen-bond donors (Lipinski definition) is 1. The maximum absolute atomic E-state index is 13.2. The van der Waals surface area contributed by atoms with Crippen LogP contribution < -0.4 is 10.9 Å². The molecule has 0 aliphatic carbocycles. The lowest BCUT2D eigenvalue weighted by atomic mass is 10.2. The van der Waals surface area contributed by atoms with Crippen molar-refractivity contribution in [3.05, 3.63) is 82.7 Å². The molecule has 7 nitrogen and oxygen atoms in total. The summed E-state index contributed by atoms with van der Waals surface area (Å²) in [6.45, 7) is 3.85. The van der Waals surface area contributed by atoms with Gasteiger partial charge in [0.2, 0.25) is 11.6 Å². The fourth-order valence-electron chi connectivity index (χ4n) is 3.13. The van der Waals surface area contributed by atoms with E-state index in [1.807, 2.05) is 38.1 Å². The molecule has 0 spiro atoms. The van der Waals surface area contributed by atoms with Crippen LogP contribution in [0.4, 0.5) is 10.1 Å². The van der Waals surface area contributed by atoms with Crippen molar-refractivity contribution in [3.8, 4) is 5.69 Å². The lowest BCUT2D eigenvalue weighted by molar-refractivity contribution is -0.115. The van der Waals surface area contributed by atoms with Crippen LogP contribution in [-0.4, -0.2) is 30.3 Å². The number of amides is 1. The van der Waals surface area contributed by atoms with Crippen LogP contribution in [0, 0.1) is 12.7 Å². The molecule has 2 aromatic heterocycles. The van der Waals surface area contributed by atoms with Crippen molar-refractivity contribution in [2.24, 2.45) is 0 Å². The third-order valence-electron chi connectivity index (χ3n) is 4.86. The summed E-state index contributed by atoms with van der Waals surface area (Å²) in [5.41, 5.74) is 2.01. The van der Waals surface area contributed by atoms with Gasteiger partial charge in [0.1, 0.15) is 5.82 Å². The molecule has 0 bridgehead atoms. The predicted octanol–water partition coefficient (Wildman–Crippen LogP) is 3.84. The molecular weight excluding hydrogens is 417 g/mol. The van der Waals surface area contributed by atoms with Crippen LogP contribution in [0.5, 0.6) is 0 Å². The summed E-state index contributed by atoms with van der Waals surface area (Å²) in [4.78, 5) is 25.7. The summed E-state index contributed by atoms with van der Waals surface area (Å²) in [5, 5.41) is 11.1. The molecule has 4 rings (SSSR count). The second-order valence-electron chi connectivity index (χ2n) is 6.94. The minimum atomic E-state index is -0.411. The van der Waals surface area contributed by atoms with E-state index < -0.39 is 5.25 Å². The van der Waals surface area contributed by atoms with E-state index in [1.165, 1.54) is 40.6 Å². The number of nitrogens with one attached hydrogen (secondary N) is 1. The number of carbonyl (C=O) groups excluding carboxylic acids is 1. The van der Waals surface area contributed by atoms with Crippen LogP contribution in [0.15, 0.2) is 70.9 Å². The zero-order valence-electron chi connectivity index (χ0n) is 16.9. The van der Waals surface area contributed by atoms with Crippen molar-refractivity contribution >= 4 is 29.0 Å². The lowest BCUT2D eigenvalue weighted by Crippen LogP contribution is -2.25. The van der Waals surface area contributed by atoms with Crippen LogP contribution in [0.1, 0.15) is 18.9 Å². The maximum atomic E-state index is 13.2. The highest BCUT2D eigenvalue weighted by Gasteiger charge is 2.22. The monoisotopic (exact) mass is 437 g/mol. The molecule has 0 aliphatic rings. The molecule has 0 unspecified atom stereocenters. The third-order valence-corrected chi connectivity index (χ3v) is 6.18. The van der Waals surface area contributed by atoms with Crippen molar-refractivity contribution in [2.75, 3.05) is 5.32 Å². The van der Waals surface area contributed by atoms with Gasteiger partial charge in [0.15, 0.2) is 5.16 Å². The number of thioether (sulfide) groups is 1. The maximum Gasteiger partial charge on any atom is 0.300 e. The van der Waals surface area contributed by atoms with Gasteiger partial charge in [-0.15, -0.1) is 10.2 Å². The number of aryl methyl sites for hydroxylation is 1. The smallest absolute Gasteiger partial charge is 0.300 e. The summed E-state index contributed by atoms with van der Waals surface area (Å²) < 4.78 is 16.1. The Labute approximate surface area is 181 Å². The first kappa shape index (κ1) is 20.8. The number of anilines is 1. The SMILES string of the molecule is CC[C@@H](Sc1nnc2c(=O)n(-c3ccc(F)cc3)ccn12)C(=O)Nc1ccccc1C. The fourth-order valence-corrected chi connectivity index (χ4v) is 4.06. The van der Waals surface area contributed by atoms with E-state index in [4.69, 9.17) is 0 Å². The van der Waals surface area contributed by atoms with E-state index in [2.05, 4.69) is 15.5 Å². The Morgan fingerprint density at radius 1 is 1.13 bits per heavy atom. The average molecular weight is 438 g/mol. The van der Waals surface area contributed by atoms with Crippen molar-refractivity contribution in [1.82, 2.24) is 19.2 Å². The van der Waals surface area contributed by atoms with Gasteiger partial charge < -0.3 is 5.32 Å². The molecule has 2 heterocycles. The van der Waals surface area contributed by atoms with Gasteiger partial charge in [-0.2, -0.15) is 0 Å². The highest BCUT2D eigenvalue weighted by Crippen LogP contribution is 2.26. The van der Waals surface area contributed by atoms with Gasteiger partial charge in [-0.1, -0.05) is 36.9 Å². The Bertz CT molecular complexity index is 1300. The summed E-state index contributed by atoms with van der Waals surface area (Å²) in [5.74, 6) is -0.521. The summed E-state index contributed by atoms with van der Waals surface area (Å²) in [6.07, 6.45) is 3.81. The minimum absolute atomic E-state index is 0.128. The van der Waals surface area contributed by atoms with Crippen molar-refractivity contribution in [1.29, 1.82) is 0 Å². The van der Waals surface area contributed by atoms with Gasteiger partial charge in [0.25, 0.3) is 0 Å². The molecule has 2 aromatic carbocycles. The van der Waals surface area contributed by atoms with E-state index in [0.717, 1.165) is 11.3 Å². The second kappa shape index (κ2) is 8.73. The Morgan fingerprint density at radius 3 is 2.58 bits per heavy atom. The number of hydrogen-bond acceptors (Lipinski definition) is 5. The van der Waals surface area contributed by atoms with Crippen LogP contribution in [0.25, 0.3) is 11.3 Å². The van der Waals surface area contributed by atoms with E-state index in [-0.39, 0.29) is 22.9 Å². The van der Waals surface area contributed by atoms with Gasteiger partial charge in [-0.25, -0.2) is 4.39 Å². The number of fused-ring (bicyclic) bond motifs is 1. The largest absolute Gasteiger partial charge is 0.325 e. The van der Waals surface area contributed by atoms with E-state index in [0.29, 0.717) is 17.3 Å². The summed E-state index contributed by atoms with van der Waals surface area (Å²) in [7, 11) is 0. The second-order valence-corrected chi connectivity index (χ2v) is 8.11. The first-order valence-corrected chi connectivity index (χ1v) is 10.6. The first-order chi connectivity index (χ1) is 15.0. The van der Waals surface area contributed by atoms with Crippen LogP contribution >= 0.6 is 11.8 Å². The van der Waals surface area contributed by atoms with Crippen molar-refractivity contribution in [2.45, 2.75) is 30.7 Å². The Morgan fingerprint density at radius 2 is 1.87 bits per heavy atom. The first-order valence-electron chi connectivity index (χ1n) is 9.73. The van der Waals surface area contributed by atoms with Gasteiger partial charge >= 0.3 is 5.56 Å². The Hall–Kier alpha value is -3.46. The minimum Gasteiger partial charge on any atom is -0.325 e. The van der Waals surface area contributed by atoms with Crippen molar-refractivity contribution < 1.29 is 9.18 Å². The van der Waals surface area contributed by atoms with E-state index in [1.54, 1.807) is 16.8 Å². The van der Waals surface area contributed by atoms with Gasteiger partial charge in [-0.05, 0) is 49.2 Å². The quantitative estimate of drug-likeness (QED) is 0.464. The molecule has 31 heavy (non-hydrogen) atoms. The highest BCUT2D eigenvalue weighted by atomic mass is 32.2. The molecular formula is C22H20FN5O2S. The highest BCUT2D eigenvalue weighted by molar-refractivity contribution is 8.00. The molecule has 158 valence electrons. The van der Waals surface area contributed by atoms with E-state index in [9.17, 15) is 14.0 Å². The van der Waals surface area contributed by atoms with Crippen LogP contribution in [-0.2, 0) is 4.79 Å². The van der Waals surface area contributed by atoms with E-state index >= 15 is 0 Å². The van der Waals surface area contributed by atoms with Crippen molar-refractivity contribution in [3.63, 3.8) is 0 Å². The van der Waals surface area contributed by atoms with Gasteiger partial charge in [0, 0.05) is 23.8 Å². The van der Waals surface area contributed by atoms with Crippen LogP contribution in [0.3, 0.4) is 0 Å².